The summed E-state index contributed by atoms with van der Waals surface area (Å²) in [6.45, 7) is -0.921. The molecule has 0 bridgehead atoms. The number of halogens is 5. The Hall–Kier alpha value is -3.49. The van der Waals surface area contributed by atoms with Crippen LogP contribution >= 0.6 is 11.8 Å². The van der Waals surface area contributed by atoms with E-state index in [0.717, 1.165) is 18.2 Å². The van der Waals surface area contributed by atoms with Crippen LogP contribution in [0, 0.1) is 5.82 Å². The highest BCUT2D eigenvalue weighted by Gasteiger charge is 2.56. The molecule has 2 aromatic carbocycles. The van der Waals surface area contributed by atoms with Crippen LogP contribution in [0.1, 0.15) is 28.5 Å². The summed E-state index contributed by atoms with van der Waals surface area (Å²) in [5.74, 6) is -1.28. The van der Waals surface area contributed by atoms with E-state index in [2.05, 4.69) is 15.1 Å². The summed E-state index contributed by atoms with van der Waals surface area (Å²) in [6.07, 6.45) is -5.34. The van der Waals surface area contributed by atoms with Crippen molar-refractivity contribution in [2.75, 3.05) is 33.5 Å². The van der Waals surface area contributed by atoms with E-state index in [1.54, 1.807) is 0 Å². The van der Waals surface area contributed by atoms with E-state index in [9.17, 15) is 32.6 Å². The molecule has 222 valence electrons. The number of amides is 1. The third kappa shape index (κ3) is 7.05. The quantitative estimate of drug-likeness (QED) is 0.158. The van der Waals surface area contributed by atoms with Gasteiger partial charge in [0, 0.05) is 11.1 Å². The average Bonchev–Trinajstić information content (AvgIpc) is 2.97. The number of carbonyl (C=O) groups excluding carboxylic acids is 1. The molecule has 41 heavy (non-hydrogen) atoms. The zero-order valence-electron chi connectivity index (χ0n) is 21.9. The molecule has 1 amide bonds. The van der Waals surface area contributed by atoms with E-state index in [1.165, 1.54) is 50.4 Å². The standard InChI is InChI=1S/C27H28ClF4N3O6/c1-25(15-37,35-28)18-12-20(16-3-6-19(29)7-4-16)34-23(13-18)26(39,27(30,31)32)14-33-24(38)17-5-8-21(41-10-9-36)22(11-17)40-2/h3-8,11-13,35-37,39H,9-10,14-15H2,1-2H3,(H,33,38). The Bertz CT molecular complexity index is 1360. The number of benzene rings is 2. The van der Waals surface area contributed by atoms with Crippen LogP contribution in [-0.2, 0) is 11.1 Å². The lowest BCUT2D eigenvalue weighted by Crippen LogP contribution is -2.52. The molecule has 0 saturated heterocycles. The number of methoxy groups -OCH3 is 1. The van der Waals surface area contributed by atoms with E-state index < -0.39 is 47.9 Å². The molecular formula is C27H28ClF4N3O6. The molecule has 0 spiro atoms. The fourth-order valence-electron chi connectivity index (χ4n) is 3.74. The monoisotopic (exact) mass is 601 g/mol. The molecule has 2 unspecified atom stereocenters. The summed E-state index contributed by atoms with van der Waals surface area (Å²) >= 11 is 5.80. The maximum Gasteiger partial charge on any atom is 0.424 e. The first kappa shape index (κ1) is 32.0. The van der Waals surface area contributed by atoms with Gasteiger partial charge in [0.2, 0.25) is 5.60 Å². The van der Waals surface area contributed by atoms with Crippen molar-refractivity contribution in [3.05, 3.63) is 77.2 Å². The fourth-order valence-corrected chi connectivity index (χ4v) is 3.90. The van der Waals surface area contributed by atoms with Crippen molar-refractivity contribution in [2.45, 2.75) is 24.2 Å². The van der Waals surface area contributed by atoms with E-state index in [4.69, 9.17) is 26.4 Å². The minimum absolute atomic E-state index is 0.0246. The molecule has 0 saturated carbocycles. The van der Waals surface area contributed by atoms with Gasteiger partial charge in [-0.05, 0) is 78.9 Å². The second-order valence-electron chi connectivity index (χ2n) is 9.20. The number of aromatic nitrogens is 1. The molecule has 3 aromatic rings. The molecule has 14 heteroatoms. The number of pyridine rings is 1. The first-order valence-electron chi connectivity index (χ1n) is 12.1. The van der Waals surface area contributed by atoms with Gasteiger partial charge >= 0.3 is 6.18 Å². The lowest BCUT2D eigenvalue weighted by Gasteiger charge is -2.33. The van der Waals surface area contributed by atoms with Gasteiger partial charge in [-0.25, -0.2) is 14.2 Å². The molecule has 2 atom stereocenters. The minimum atomic E-state index is -5.34. The normalized spacial score (nSPS) is 14.6. The Morgan fingerprint density at radius 2 is 1.73 bits per heavy atom. The molecule has 0 aliphatic heterocycles. The second kappa shape index (κ2) is 13.0. The first-order valence-corrected chi connectivity index (χ1v) is 12.5. The van der Waals surface area contributed by atoms with Crippen LogP contribution < -0.4 is 19.6 Å². The number of alkyl halides is 3. The van der Waals surface area contributed by atoms with Crippen molar-refractivity contribution in [1.82, 2.24) is 15.1 Å². The predicted molar refractivity (Wildman–Crippen MR) is 141 cm³/mol. The summed E-state index contributed by atoms with van der Waals surface area (Å²) in [7, 11) is 1.29. The predicted octanol–water partition coefficient (Wildman–Crippen LogP) is 3.40. The number of nitrogens with one attached hydrogen (secondary N) is 2. The van der Waals surface area contributed by atoms with Crippen LogP contribution in [0.25, 0.3) is 11.3 Å². The van der Waals surface area contributed by atoms with Crippen LogP contribution in [0.5, 0.6) is 11.5 Å². The Labute approximate surface area is 237 Å². The molecule has 0 aliphatic rings. The van der Waals surface area contributed by atoms with Gasteiger partial charge in [0.15, 0.2) is 11.5 Å². The topological polar surface area (TPSA) is 133 Å². The zero-order valence-corrected chi connectivity index (χ0v) is 22.7. The lowest BCUT2D eigenvalue weighted by atomic mass is 9.88. The van der Waals surface area contributed by atoms with E-state index in [-0.39, 0.29) is 47.1 Å². The van der Waals surface area contributed by atoms with Gasteiger partial charge in [-0.15, -0.1) is 0 Å². The van der Waals surface area contributed by atoms with Crippen LogP contribution in [0.3, 0.4) is 0 Å². The Morgan fingerprint density at radius 1 is 1.05 bits per heavy atom. The van der Waals surface area contributed by atoms with Gasteiger partial charge in [0.05, 0.1) is 43.8 Å². The number of hydrogen-bond acceptors (Lipinski definition) is 8. The van der Waals surface area contributed by atoms with E-state index >= 15 is 0 Å². The fraction of sp³-hybridized carbons (Fsp3) is 0.333. The Morgan fingerprint density at radius 3 is 2.29 bits per heavy atom. The summed E-state index contributed by atoms with van der Waals surface area (Å²) < 4.78 is 67.4. The summed E-state index contributed by atoms with van der Waals surface area (Å²) in [5, 5.41) is 32.0. The van der Waals surface area contributed by atoms with Crippen molar-refractivity contribution >= 4 is 17.7 Å². The number of carbonyl (C=O) groups is 1. The SMILES string of the molecule is COc1cc(C(=O)NCC(O)(c2cc(C(C)(CO)NCl)cc(-c3ccc(F)cc3)n2)C(F)(F)F)ccc1OCCO. The van der Waals surface area contributed by atoms with Crippen LogP contribution in [-0.4, -0.2) is 65.9 Å². The van der Waals surface area contributed by atoms with Gasteiger partial charge in [-0.2, -0.15) is 13.2 Å². The van der Waals surface area contributed by atoms with Crippen molar-refractivity contribution in [3.8, 4) is 22.8 Å². The summed E-state index contributed by atoms with van der Waals surface area (Å²) in [6, 6.07) is 10.8. The molecule has 0 fully saturated rings. The summed E-state index contributed by atoms with van der Waals surface area (Å²) in [4.78, 5) is 19.2. The van der Waals surface area contributed by atoms with Gasteiger partial charge in [-0.1, -0.05) is 0 Å². The van der Waals surface area contributed by atoms with Crippen LogP contribution in [0.4, 0.5) is 17.6 Å². The number of nitrogens with zero attached hydrogens (tertiary/aromatic N) is 1. The second-order valence-corrected chi connectivity index (χ2v) is 9.39. The Balaban J connectivity index is 2.05. The number of ether oxygens (including phenoxy) is 2. The van der Waals surface area contributed by atoms with Crippen molar-refractivity contribution < 1.29 is 47.1 Å². The maximum absolute atomic E-state index is 14.5. The highest BCUT2D eigenvalue weighted by atomic mass is 35.5. The third-order valence-corrected chi connectivity index (χ3v) is 6.72. The third-order valence-electron chi connectivity index (χ3n) is 6.30. The highest BCUT2D eigenvalue weighted by Crippen LogP contribution is 2.40. The highest BCUT2D eigenvalue weighted by molar-refractivity contribution is 6.13. The average molecular weight is 602 g/mol. The number of rotatable bonds is 12. The molecule has 1 heterocycles. The molecule has 5 N–H and O–H groups in total. The van der Waals surface area contributed by atoms with E-state index in [0.29, 0.717) is 0 Å². The maximum atomic E-state index is 14.5. The molecule has 9 nitrogen and oxygen atoms in total. The summed E-state index contributed by atoms with van der Waals surface area (Å²) in [5.41, 5.74) is -6.02. The van der Waals surface area contributed by atoms with Crippen molar-refractivity contribution in [1.29, 1.82) is 0 Å². The van der Waals surface area contributed by atoms with Crippen LogP contribution in [0.2, 0.25) is 0 Å². The van der Waals surface area contributed by atoms with E-state index in [1.807, 2.05) is 0 Å². The first-order chi connectivity index (χ1) is 19.3. The molecular weight excluding hydrogens is 574 g/mol. The number of aliphatic hydroxyl groups is 3. The Kier molecular flexibility index (Phi) is 10.2. The number of hydrogen-bond donors (Lipinski definition) is 5. The van der Waals surface area contributed by atoms with Gasteiger partial charge in [-0.3, -0.25) is 4.79 Å². The molecule has 3 rings (SSSR count). The zero-order chi connectivity index (χ0) is 30.4. The van der Waals surface area contributed by atoms with Gasteiger partial charge in [0.1, 0.15) is 12.4 Å². The van der Waals surface area contributed by atoms with Crippen LogP contribution in [0.15, 0.2) is 54.6 Å². The number of aliphatic hydroxyl groups excluding tert-OH is 2. The minimum Gasteiger partial charge on any atom is -0.493 e. The van der Waals surface area contributed by atoms with Gasteiger partial charge < -0.3 is 30.1 Å². The molecule has 0 aliphatic carbocycles. The molecule has 1 aromatic heterocycles. The van der Waals surface area contributed by atoms with Crippen molar-refractivity contribution in [2.24, 2.45) is 0 Å². The van der Waals surface area contributed by atoms with Crippen molar-refractivity contribution in [3.63, 3.8) is 0 Å². The largest absolute Gasteiger partial charge is 0.493 e. The lowest BCUT2D eigenvalue weighted by molar-refractivity contribution is -0.265. The molecule has 0 radical (unpaired) electrons. The smallest absolute Gasteiger partial charge is 0.424 e. The van der Waals surface area contributed by atoms with Gasteiger partial charge in [0.25, 0.3) is 5.91 Å².